The number of benzene rings is 1. The van der Waals surface area contributed by atoms with Crippen LogP contribution in [0.4, 0.5) is 4.79 Å². The zero-order valence-corrected chi connectivity index (χ0v) is 16.5. The number of rotatable bonds is 8. The zero-order chi connectivity index (χ0) is 20.0. The summed E-state index contributed by atoms with van der Waals surface area (Å²) in [5.41, 5.74) is 0.149. The van der Waals surface area contributed by atoms with Gasteiger partial charge in [0.05, 0.1) is 5.75 Å². The van der Waals surface area contributed by atoms with E-state index in [1.807, 2.05) is 30.3 Å². The summed E-state index contributed by atoms with van der Waals surface area (Å²) in [5.74, 6) is -1.58. The number of carboxylic acids is 1. The van der Waals surface area contributed by atoms with Crippen molar-refractivity contribution in [3.8, 4) is 0 Å². The summed E-state index contributed by atoms with van der Waals surface area (Å²) in [6.45, 7) is 5.17. The van der Waals surface area contributed by atoms with Gasteiger partial charge in [0, 0.05) is 12.8 Å². The standard InChI is InChI=1S/C18H27NO6S/c1-18(2,3)25-17(22)19(12-10-14-8-6-5-7-9-14)15(16(20)21)11-13-26(4,23)24/h5-9,15H,10-13H2,1-4H3,(H,20,21)/t15-/m0/s1. The van der Waals surface area contributed by atoms with Crippen molar-refractivity contribution < 1.29 is 27.9 Å². The second kappa shape index (κ2) is 9.02. The van der Waals surface area contributed by atoms with Gasteiger partial charge in [0.2, 0.25) is 0 Å². The number of nitrogens with zero attached hydrogens (tertiary/aromatic N) is 1. The van der Waals surface area contributed by atoms with Gasteiger partial charge in [-0.05, 0) is 39.2 Å². The predicted octanol–water partition coefficient (Wildman–Crippen LogP) is 2.35. The largest absolute Gasteiger partial charge is 0.480 e. The molecule has 1 atom stereocenters. The molecule has 0 aliphatic rings. The molecule has 0 unspecified atom stereocenters. The first-order valence-electron chi connectivity index (χ1n) is 8.33. The minimum Gasteiger partial charge on any atom is -0.480 e. The van der Waals surface area contributed by atoms with Crippen LogP contribution in [0.1, 0.15) is 32.8 Å². The Kier molecular flexibility index (Phi) is 7.62. The number of hydrogen-bond acceptors (Lipinski definition) is 5. The minimum absolute atomic E-state index is 0.111. The maximum Gasteiger partial charge on any atom is 0.411 e. The maximum atomic E-state index is 12.5. The van der Waals surface area contributed by atoms with Crippen molar-refractivity contribution in [1.29, 1.82) is 0 Å². The van der Waals surface area contributed by atoms with Gasteiger partial charge in [-0.15, -0.1) is 0 Å². The molecular weight excluding hydrogens is 358 g/mol. The fraction of sp³-hybridized carbons (Fsp3) is 0.556. The number of ether oxygens (including phenoxy) is 1. The average Bonchev–Trinajstić information content (AvgIpc) is 2.48. The van der Waals surface area contributed by atoms with Gasteiger partial charge in [-0.2, -0.15) is 0 Å². The highest BCUT2D eigenvalue weighted by Crippen LogP contribution is 2.16. The lowest BCUT2D eigenvalue weighted by Crippen LogP contribution is -2.48. The first-order chi connectivity index (χ1) is 11.9. The minimum atomic E-state index is -3.36. The van der Waals surface area contributed by atoms with E-state index in [0.29, 0.717) is 6.42 Å². The maximum absolute atomic E-state index is 12.5. The van der Waals surface area contributed by atoms with Gasteiger partial charge in [-0.1, -0.05) is 30.3 Å². The lowest BCUT2D eigenvalue weighted by Gasteiger charge is -2.31. The highest BCUT2D eigenvalue weighted by molar-refractivity contribution is 7.90. The van der Waals surface area contributed by atoms with Gasteiger partial charge in [0.1, 0.15) is 21.5 Å². The molecule has 0 bridgehead atoms. The molecule has 0 saturated carbocycles. The summed E-state index contributed by atoms with van der Waals surface area (Å²) >= 11 is 0. The van der Waals surface area contributed by atoms with E-state index in [0.717, 1.165) is 16.7 Å². The first-order valence-corrected chi connectivity index (χ1v) is 10.4. The van der Waals surface area contributed by atoms with Crippen LogP contribution in [0.2, 0.25) is 0 Å². The number of aliphatic carboxylic acids is 1. The van der Waals surface area contributed by atoms with Crippen LogP contribution >= 0.6 is 0 Å². The van der Waals surface area contributed by atoms with Crippen LogP contribution in [0, 0.1) is 0 Å². The Labute approximate surface area is 154 Å². The fourth-order valence-corrected chi connectivity index (χ4v) is 2.98. The molecule has 0 aliphatic heterocycles. The molecule has 0 fully saturated rings. The topological polar surface area (TPSA) is 101 Å². The predicted molar refractivity (Wildman–Crippen MR) is 98.8 cm³/mol. The third-order valence-electron chi connectivity index (χ3n) is 3.54. The molecule has 1 aromatic rings. The first kappa shape index (κ1) is 22.0. The normalized spacial score (nSPS) is 13.1. The molecule has 0 radical (unpaired) electrons. The molecule has 26 heavy (non-hydrogen) atoms. The molecule has 0 aromatic heterocycles. The second-order valence-electron chi connectivity index (χ2n) is 7.18. The molecule has 1 aromatic carbocycles. The Morgan fingerprint density at radius 1 is 1.19 bits per heavy atom. The van der Waals surface area contributed by atoms with Crippen LogP contribution < -0.4 is 0 Å². The lowest BCUT2D eigenvalue weighted by atomic mass is 10.1. The van der Waals surface area contributed by atoms with Gasteiger partial charge in [-0.25, -0.2) is 18.0 Å². The molecule has 0 saturated heterocycles. The van der Waals surface area contributed by atoms with E-state index < -0.39 is 33.5 Å². The highest BCUT2D eigenvalue weighted by Gasteiger charge is 2.33. The molecule has 0 spiro atoms. The fourth-order valence-electron chi connectivity index (χ4n) is 2.33. The molecule has 146 valence electrons. The third kappa shape index (κ3) is 8.33. The lowest BCUT2D eigenvalue weighted by molar-refractivity contribution is -0.143. The van der Waals surface area contributed by atoms with Crippen LogP contribution in [-0.2, 0) is 25.8 Å². The quantitative estimate of drug-likeness (QED) is 0.737. The molecule has 0 aliphatic carbocycles. The Hall–Kier alpha value is -2.09. The summed E-state index contributed by atoms with van der Waals surface area (Å²) in [7, 11) is -3.36. The number of sulfone groups is 1. The van der Waals surface area contributed by atoms with Crippen molar-refractivity contribution in [2.75, 3.05) is 18.6 Å². The molecule has 7 nitrogen and oxygen atoms in total. The van der Waals surface area contributed by atoms with Crippen molar-refractivity contribution in [2.45, 2.75) is 45.3 Å². The van der Waals surface area contributed by atoms with Crippen molar-refractivity contribution in [3.05, 3.63) is 35.9 Å². The van der Waals surface area contributed by atoms with Crippen LogP contribution in [0.3, 0.4) is 0 Å². The van der Waals surface area contributed by atoms with E-state index in [4.69, 9.17) is 4.74 Å². The smallest absolute Gasteiger partial charge is 0.411 e. The van der Waals surface area contributed by atoms with Gasteiger partial charge in [-0.3, -0.25) is 4.90 Å². The Bertz CT molecular complexity index is 709. The third-order valence-corrected chi connectivity index (χ3v) is 4.51. The van der Waals surface area contributed by atoms with Crippen LogP contribution in [0.25, 0.3) is 0 Å². The Balaban J connectivity index is 3.01. The molecule has 1 rings (SSSR count). The van der Waals surface area contributed by atoms with Gasteiger partial charge >= 0.3 is 12.1 Å². The van der Waals surface area contributed by atoms with Gasteiger partial charge < -0.3 is 9.84 Å². The van der Waals surface area contributed by atoms with Crippen molar-refractivity contribution in [3.63, 3.8) is 0 Å². The second-order valence-corrected chi connectivity index (χ2v) is 9.44. The summed E-state index contributed by atoms with van der Waals surface area (Å²) < 4.78 is 28.2. The van der Waals surface area contributed by atoms with Gasteiger partial charge in [0.25, 0.3) is 0 Å². The summed E-state index contributed by atoms with van der Waals surface area (Å²) in [6.07, 6.45) is 0.507. The van der Waals surface area contributed by atoms with E-state index in [-0.39, 0.29) is 18.7 Å². The summed E-state index contributed by atoms with van der Waals surface area (Å²) in [6, 6.07) is 8.04. The number of hydrogen-bond donors (Lipinski definition) is 1. The summed E-state index contributed by atoms with van der Waals surface area (Å²) in [5, 5.41) is 9.54. The molecule has 8 heteroatoms. The Morgan fingerprint density at radius 2 is 1.77 bits per heavy atom. The SMILES string of the molecule is CC(C)(C)OC(=O)N(CCc1ccccc1)[C@@H](CCS(C)(=O)=O)C(=O)O. The van der Waals surface area contributed by atoms with E-state index in [1.165, 1.54) is 0 Å². The van der Waals surface area contributed by atoms with Crippen molar-refractivity contribution in [1.82, 2.24) is 4.90 Å². The van der Waals surface area contributed by atoms with E-state index in [1.54, 1.807) is 20.8 Å². The van der Waals surface area contributed by atoms with Crippen LogP contribution in [0.5, 0.6) is 0 Å². The van der Waals surface area contributed by atoms with Crippen molar-refractivity contribution >= 4 is 21.9 Å². The zero-order valence-electron chi connectivity index (χ0n) is 15.6. The monoisotopic (exact) mass is 385 g/mol. The number of carbonyl (C=O) groups is 2. The van der Waals surface area contributed by atoms with Crippen LogP contribution in [-0.4, -0.2) is 60.7 Å². The van der Waals surface area contributed by atoms with Crippen LogP contribution in [0.15, 0.2) is 30.3 Å². The molecule has 1 N–H and O–H groups in total. The van der Waals surface area contributed by atoms with Crippen molar-refractivity contribution in [2.24, 2.45) is 0 Å². The summed E-state index contributed by atoms with van der Waals surface area (Å²) in [4.78, 5) is 25.3. The Morgan fingerprint density at radius 3 is 2.23 bits per heavy atom. The van der Waals surface area contributed by atoms with E-state index >= 15 is 0 Å². The average molecular weight is 385 g/mol. The molecule has 0 heterocycles. The number of carboxylic acid groups (broad SMARTS) is 1. The van der Waals surface area contributed by atoms with E-state index in [9.17, 15) is 23.1 Å². The highest BCUT2D eigenvalue weighted by atomic mass is 32.2. The number of carbonyl (C=O) groups excluding carboxylic acids is 1. The molecular formula is C18H27NO6S. The number of amides is 1. The molecule has 1 amide bonds. The van der Waals surface area contributed by atoms with E-state index in [2.05, 4.69) is 0 Å². The van der Waals surface area contributed by atoms with Gasteiger partial charge in [0.15, 0.2) is 0 Å².